The van der Waals surface area contributed by atoms with Crippen molar-refractivity contribution < 1.29 is 28.5 Å². The minimum absolute atomic E-state index is 0.0537. The maximum absolute atomic E-state index is 12.7. The monoisotopic (exact) mass is 763 g/mol. The highest BCUT2D eigenvalue weighted by Gasteiger charge is 2.42. The number of nitrogens with one attached hydrogen (secondary N) is 2. The van der Waals surface area contributed by atoms with Crippen LogP contribution in [-0.2, 0) is 14.9 Å². The molecule has 0 spiro atoms. The number of carbonyl (C=O) groups is 2. The molecular formula is C47H74N2O6. The van der Waals surface area contributed by atoms with Gasteiger partial charge in [-0.1, -0.05) is 120 Å². The highest BCUT2D eigenvalue weighted by molar-refractivity contribution is 5.68. The second-order valence-electron chi connectivity index (χ2n) is 20.2. The number of benzene rings is 2. The van der Waals surface area contributed by atoms with Crippen LogP contribution in [-0.4, -0.2) is 50.7 Å². The molecule has 8 nitrogen and oxygen atoms in total. The van der Waals surface area contributed by atoms with Crippen molar-refractivity contribution in [3.8, 4) is 11.5 Å². The largest absolute Gasteiger partial charge is 0.493 e. The Labute approximate surface area is 333 Å². The molecule has 2 aromatic carbocycles. The standard InChI is InChI=1S/C47H74N2O6/c1-13-46(11)25-37(23-43(5,6)31-46)48-41(50)54-29-33(3)27-52-39-19-15-35(16-20-39)45(9,10)36-17-21-40(22-18-36)53-28-34(4)30-55-42(51)49-38-24-44(7,8)32-47(12,14-2)26-38/h15-22,33-34,37-38H,13-14,23-32H2,1-12H3,(H,48,50)(H,49,51). The zero-order valence-electron chi connectivity index (χ0n) is 36.4. The molecule has 0 heterocycles. The summed E-state index contributed by atoms with van der Waals surface area (Å²) in [4.78, 5) is 25.3. The summed E-state index contributed by atoms with van der Waals surface area (Å²) in [6.07, 6.45) is 7.83. The third-order valence-electron chi connectivity index (χ3n) is 12.5. The van der Waals surface area contributed by atoms with Crippen molar-refractivity contribution in [3.05, 3.63) is 59.7 Å². The van der Waals surface area contributed by atoms with Gasteiger partial charge in [0.2, 0.25) is 0 Å². The van der Waals surface area contributed by atoms with Crippen LogP contribution in [0.3, 0.4) is 0 Å². The molecular weight excluding hydrogens is 689 g/mol. The molecule has 0 aromatic heterocycles. The second kappa shape index (κ2) is 18.2. The van der Waals surface area contributed by atoms with Gasteiger partial charge in [0, 0.05) is 29.3 Å². The number of alkyl carbamates (subject to hydrolysis) is 2. The molecule has 2 aromatic rings. The van der Waals surface area contributed by atoms with Gasteiger partial charge in [-0.15, -0.1) is 0 Å². The highest BCUT2D eigenvalue weighted by Crippen LogP contribution is 2.49. The molecule has 2 fully saturated rings. The van der Waals surface area contributed by atoms with E-state index in [1.807, 2.05) is 38.1 Å². The van der Waals surface area contributed by atoms with Gasteiger partial charge in [0.15, 0.2) is 0 Å². The van der Waals surface area contributed by atoms with E-state index in [1.54, 1.807) is 0 Å². The van der Waals surface area contributed by atoms with Crippen LogP contribution in [0, 0.1) is 33.5 Å². The molecule has 308 valence electrons. The highest BCUT2D eigenvalue weighted by atomic mass is 16.6. The minimum atomic E-state index is -0.335. The fraction of sp³-hybridized carbons (Fsp3) is 0.702. The van der Waals surface area contributed by atoms with Gasteiger partial charge >= 0.3 is 12.2 Å². The van der Waals surface area contributed by atoms with E-state index in [2.05, 4.69) is 104 Å². The Morgan fingerprint density at radius 2 is 0.964 bits per heavy atom. The summed E-state index contributed by atoms with van der Waals surface area (Å²) < 4.78 is 23.4. The van der Waals surface area contributed by atoms with E-state index in [0.717, 1.165) is 50.0 Å². The fourth-order valence-electron chi connectivity index (χ4n) is 9.54. The summed E-state index contributed by atoms with van der Waals surface area (Å²) in [5.74, 6) is 1.68. The lowest BCUT2D eigenvalue weighted by Crippen LogP contribution is -2.47. The molecule has 8 heteroatoms. The van der Waals surface area contributed by atoms with E-state index in [0.29, 0.717) is 26.4 Å². The maximum Gasteiger partial charge on any atom is 0.407 e. The molecule has 0 aliphatic heterocycles. The van der Waals surface area contributed by atoms with Gasteiger partial charge in [-0.05, 0) is 95.6 Å². The van der Waals surface area contributed by atoms with Crippen LogP contribution in [0.2, 0.25) is 0 Å². The Balaban J connectivity index is 1.16. The molecule has 6 unspecified atom stereocenters. The second-order valence-corrected chi connectivity index (χ2v) is 20.2. The van der Waals surface area contributed by atoms with Crippen molar-refractivity contribution in [1.82, 2.24) is 10.6 Å². The van der Waals surface area contributed by atoms with E-state index in [-0.39, 0.29) is 63.2 Å². The van der Waals surface area contributed by atoms with Gasteiger partial charge in [-0.3, -0.25) is 0 Å². The zero-order chi connectivity index (χ0) is 40.7. The van der Waals surface area contributed by atoms with Gasteiger partial charge in [0.25, 0.3) is 0 Å². The Morgan fingerprint density at radius 1 is 0.618 bits per heavy atom. The smallest absolute Gasteiger partial charge is 0.407 e. The van der Waals surface area contributed by atoms with E-state index in [1.165, 1.54) is 24.0 Å². The first kappa shape index (κ1) is 44.3. The van der Waals surface area contributed by atoms with Crippen molar-refractivity contribution in [1.29, 1.82) is 0 Å². The summed E-state index contributed by atoms with van der Waals surface area (Å²) >= 11 is 0. The topological polar surface area (TPSA) is 95.1 Å². The molecule has 0 radical (unpaired) electrons. The van der Waals surface area contributed by atoms with E-state index >= 15 is 0 Å². The summed E-state index contributed by atoms with van der Waals surface area (Å²) in [5, 5.41) is 6.28. The SMILES string of the molecule is CCC1(C)CC(NC(=O)OCC(C)COc2ccc(C(C)(C)c3ccc(OCC(C)COC(=O)NC4CC(C)(C)CC(C)(CC)C4)cc3)cc2)CC(C)(C)C1. The molecule has 2 saturated carbocycles. The summed E-state index contributed by atoms with van der Waals surface area (Å²) in [6, 6.07) is 16.7. The van der Waals surface area contributed by atoms with Crippen LogP contribution < -0.4 is 20.1 Å². The predicted molar refractivity (Wildman–Crippen MR) is 223 cm³/mol. The quantitative estimate of drug-likeness (QED) is 0.177. The first-order valence-electron chi connectivity index (χ1n) is 21.0. The molecule has 4 rings (SSSR count). The van der Waals surface area contributed by atoms with Crippen LogP contribution in [0.1, 0.15) is 146 Å². The average Bonchev–Trinajstić information content (AvgIpc) is 3.10. The Kier molecular flexibility index (Phi) is 14.7. The molecule has 0 bridgehead atoms. The van der Waals surface area contributed by atoms with Gasteiger partial charge < -0.3 is 29.6 Å². The Bertz CT molecular complexity index is 1420. The minimum Gasteiger partial charge on any atom is -0.493 e. The van der Waals surface area contributed by atoms with E-state index < -0.39 is 0 Å². The lowest BCUT2D eigenvalue weighted by Gasteiger charge is -2.46. The van der Waals surface area contributed by atoms with Crippen molar-refractivity contribution >= 4 is 12.2 Å². The lowest BCUT2D eigenvalue weighted by atomic mass is 9.62. The summed E-state index contributed by atoms with van der Waals surface area (Å²) in [6.45, 7) is 28.3. The molecule has 2 aliphatic carbocycles. The number of rotatable bonds is 16. The fourth-order valence-corrected chi connectivity index (χ4v) is 9.54. The van der Waals surface area contributed by atoms with Crippen LogP contribution in [0.5, 0.6) is 11.5 Å². The van der Waals surface area contributed by atoms with Crippen molar-refractivity contribution in [3.63, 3.8) is 0 Å². The maximum atomic E-state index is 12.7. The number of carbonyl (C=O) groups excluding carboxylic acids is 2. The predicted octanol–water partition coefficient (Wildman–Crippen LogP) is 11.5. The van der Waals surface area contributed by atoms with Crippen LogP contribution in [0.15, 0.2) is 48.5 Å². The van der Waals surface area contributed by atoms with Gasteiger partial charge in [-0.25, -0.2) is 9.59 Å². The van der Waals surface area contributed by atoms with Crippen molar-refractivity contribution in [2.24, 2.45) is 33.5 Å². The van der Waals surface area contributed by atoms with E-state index in [4.69, 9.17) is 18.9 Å². The normalized spacial score (nSPS) is 25.9. The Hall–Kier alpha value is -3.42. The van der Waals surface area contributed by atoms with Crippen LogP contribution in [0.25, 0.3) is 0 Å². The average molecular weight is 763 g/mol. The molecule has 2 amide bonds. The number of hydrogen-bond acceptors (Lipinski definition) is 6. The third-order valence-corrected chi connectivity index (χ3v) is 12.5. The summed E-state index contributed by atoms with van der Waals surface area (Å²) in [5.41, 5.74) is 3.01. The number of amides is 2. The van der Waals surface area contributed by atoms with Gasteiger partial charge in [0.1, 0.15) is 11.5 Å². The van der Waals surface area contributed by atoms with Crippen molar-refractivity contribution in [2.75, 3.05) is 26.4 Å². The first-order valence-corrected chi connectivity index (χ1v) is 21.0. The first-order chi connectivity index (χ1) is 25.6. The van der Waals surface area contributed by atoms with Crippen LogP contribution in [0.4, 0.5) is 9.59 Å². The molecule has 6 atom stereocenters. The molecule has 2 N–H and O–H groups in total. The van der Waals surface area contributed by atoms with Crippen molar-refractivity contribution in [2.45, 2.75) is 152 Å². The lowest BCUT2D eigenvalue weighted by molar-refractivity contribution is 0.0587. The molecule has 2 aliphatic rings. The van der Waals surface area contributed by atoms with E-state index in [9.17, 15) is 9.59 Å². The molecule has 0 saturated heterocycles. The zero-order valence-corrected chi connectivity index (χ0v) is 36.4. The Morgan fingerprint density at radius 3 is 1.29 bits per heavy atom. The molecule has 55 heavy (non-hydrogen) atoms. The number of hydrogen-bond donors (Lipinski definition) is 2. The summed E-state index contributed by atoms with van der Waals surface area (Å²) in [7, 11) is 0. The van der Waals surface area contributed by atoms with Crippen LogP contribution >= 0.6 is 0 Å². The third kappa shape index (κ3) is 13.3. The van der Waals surface area contributed by atoms with Gasteiger partial charge in [-0.2, -0.15) is 0 Å². The number of ether oxygens (including phenoxy) is 4. The van der Waals surface area contributed by atoms with Gasteiger partial charge in [0.05, 0.1) is 26.4 Å².